The lowest BCUT2D eigenvalue weighted by Gasteiger charge is -2.19. The normalized spacial score (nSPS) is 13.5. The van der Waals surface area contributed by atoms with E-state index in [1.54, 1.807) is 6.92 Å². The average molecular weight is 757 g/mol. The number of rotatable bonds is 40. The second kappa shape index (κ2) is 39.2. The SMILES string of the molecule is CCCCCCC/C=C\C/C=C\CCCCCCCCCCCC(=O)OC(COC(=O)CCCCCCCCCCCCC)COP(=O)(O)OCC. The number of unbranched alkanes of at least 4 members (excludes halogenated alkanes) is 24. The predicted octanol–water partition coefficient (Wildman–Crippen LogP) is 13.5. The van der Waals surface area contributed by atoms with E-state index in [9.17, 15) is 19.0 Å². The molecule has 1 N–H and O–H groups in total. The Labute approximate surface area is 320 Å². The zero-order chi connectivity index (χ0) is 38.2. The van der Waals surface area contributed by atoms with Crippen molar-refractivity contribution in [2.45, 2.75) is 219 Å². The summed E-state index contributed by atoms with van der Waals surface area (Å²) in [7, 11) is -4.27. The van der Waals surface area contributed by atoms with Gasteiger partial charge in [-0.15, -0.1) is 0 Å². The maximum absolute atomic E-state index is 12.5. The zero-order valence-corrected chi connectivity index (χ0v) is 34.9. The van der Waals surface area contributed by atoms with Crippen LogP contribution in [0.1, 0.15) is 213 Å². The minimum Gasteiger partial charge on any atom is -0.462 e. The Morgan fingerprint density at radius 2 is 0.923 bits per heavy atom. The topological polar surface area (TPSA) is 108 Å². The van der Waals surface area contributed by atoms with Gasteiger partial charge < -0.3 is 14.4 Å². The summed E-state index contributed by atoms with van der Waals surface area (Å²) >= 11 is 0. The summed E-state index contributed by atoms with van der Waals surface area (Å²) in [5, 5.41) is 0. The second-order valence-electron chi connectivity index (χ2n) is 14.4. The van der Waals surface area contributed by atoms with E-state index in [1.165, 1.54) is 128 Å². The Balaban J connectivity index is 4.03. The standard InChI is InChI=1S/C43H81O8P/c1-4-7-9-11-13-15-17-18-19-20-21-22-23-24-25-26-28-30-32-34-36-38-43(45)51-41(40-50-52(46,47)49-6-3)39-48-42(44)37-35-33-31-29-27-16-14-12-10-8-5-2/h17-18,20-21,41H,4-16,19,22-40H2,1-3H3,(H,46,47)/b18-17-,21-20-. The van der Waals surface area contributed by atoms with Gasteiger partial charge in [-0.2, -0.15) is 0 Å². The molecule has 0 bridgehead atoms. The van der Waals surface area contributed by atoms with Crippen molar-refractivity contribution in [2.24, 2.45) is 0 Å². The maximum Gasteiger partial charge on any atom is 0.472 e. The summed E-state index contributed by atoms with van der Waals surface area (Å²) in [5.74, 6) is -0.796. The van der Waals surface area contributed by atoms with Crippen LogP contribution in [-0.4, -0.2) is 42.8 Å². The third-order valence-electron chi connectivity index (χ3n) is 9.26. The quantitative estimate of drug-likeness (QED) is 0.0285. The number of hydrogen-bond acceptors (Lipinski definition) is 7. The molecule has 0 spiro atoms. The largest absolute Gasteiger partial charge is 0.472 e. The monoisotopic (exact) mass is 757 g/mol. The Morgan fingerprint density at radius 3 is 1.37 bits per heavy atom. The molecule has 0 aromatic carbocycles. The minimum atomic E-state index is -4.27. The van der Waals surface area contributed by atoms with Crippen molar-refractivity contribution in [3.63, 3.8) is 0 Å². The molecule has 0 rings (SSSR count). The van der Waals surface area contributed by atoms with Gasteiger partial charge in [-0.3, -0.25) is 18.6 Å². The van der Waals surface area contributed by atoms with Gasteiger partial charge in [0.1, 0.15) is 6.61 Å². The van der Waals surface area contributed by atoms with Crippen LogP contribution in [0.15, 0.2) is 24.3 Å². The van der Waals surface area contributed by atoms with Crippen molar-refractivity contribution in [3.05, 3.63) is 24.3 Å². The fraction of sp³-hybridized carbons (Fsp3) is 0.860. The summed E-state index contributed by atoms with van der Waals surface area (Å²) < 4.78 is 32.6. The summed E-state index contributed by atoms with van der Waals surface area (Å²) in [6.07, 6.45) is 42.3. The van der Waals surface area contributed by atoms with Gasteiger partial charge in [-0.25, -0.2) is 4.57 Å². The van der Waals surface area contributed by atoms with Gasteiger partial charge in [0.25, 0.3) is 0 Å². The van der Waals surface area contributed by atoms with E-state index in [-0.39, 0.29) is 25.6 Å². The van der Waals surface area contributed by atoms with Gasteiger partial charge in [0.2, 0.25) is 0 Å². The molecule has 0 aliphatic heterocycles. The van der Waals surface area contributed by atoms with E-state index in [0.29, 0.717) is 12.8 Å². The third kappa shape index (κ3) is 38.3. The summed E-state index contributed by atoms with van der Waals surface area (Å²) in [5.41, 5.74) is 0. The average Bonchev–Trinajstić information content (AvgIpc) is 3.12. The Kier molecular flexibility index (Phi) is 38.1. The molecule has 0 amide bonds. The van der Waals surface area contributed by atoms with E-state index >= 15 is 0 Å². The zero-order valence-electron chi connectivity index (χ0n) is 34.0. The molecule has 0 fully saturated rings. The van der Waals surface area contributed by atoms with Gasteiger partial charge in [-0.05, 0) is 51.9 Å². The lowest BCUT2D eigenvalue weighted by molar-refractivity contribution is -0.161. The van der Waals surface area contributed by atoms with Crippen molar-refractivity contribution >= 4 is 19.8 Å². The van der Waals surface area contributed by atoms with Gasteiger partial charge in [-0.1, -0.05) is 173 Å². The molecule has 0 heterocycles. The number of allylic oxidation sites excluding steroid dienone is 4. The first kappa shape index (κ1) is 50.5. The third-order valence-corrected chi connectivity index (χ3v) is 10.3. The predicted molar refractivity (Wildman–Crippen MR) is 216 cm³/mol. The Hall–Kier alpha value is -1.47. The molecule has 0 aliphatic rings. The van der Waals surface area contributed by atoms with E-state index < -0.39 is 26.5 Å². The maximum atomic E-state index is 12.5. The summed E-state index contributed by atoms with van der Waals surface area (Å²) in [4.78, 5) is 34.7. The molecule has 306 valence electrons. The van der Waals surface area contributed by atoms with Crippen LogP contribution in [0.2, 0.25) is 0 Å². The lowest BCUT2D eigenvalue weighted by Crippen LogP contribution is -2.29. The van der Waals surface area contributed by atoms with Crippen molar-refractivity contribution in [1.29, 1.82) is 0 Å². The van der Waals surface area contributed by atoms with Crippen LogP contribution in [0.4, 0.5) is 0 Å². The number of ether oxygens (including phenoxy) is 2. The van der Waals surface area contributed by atoms with Gasteiger partial charge in [0, 0.05) is 12.8 Å². The van der Waals surface area contributed by atoms with Crippen molar-refractivity contribution < 1.29 is 37.6 Å². The molecule has 2 unspecified atom stereocenters. The van der Waals surface area contributed by atoms with Gasteiger partial charge >= 0.3 is 19.8 Å². The van der Waals surface area contributed by atoms with Crippen molar-refractivity contribution in [3.8, 4) is 0 Å². The summed E-state index contributed by atoms with van der Waals surface area (Å²) in [6, 6.07) is 0. The van der Waals surface area contributed by atoms with Gasteiger partial charge in [0.15, 0.2) is 6.10 Å². The van der Waals surface area contributed by atoms with Crippen LogP contribution in [-0.2, 0) is 32.7 Å². The fourth-order valence-corrected chi connectivity index (χ4v) is 6.83. The number of carbonyl (C=O) groups is 2. The Bertz CT molecular complexity index is 906. The molecule has 8 nitrogen and oxygen atoms in total. The highest BCUT2D eigenvalue weighted by molar-refractivity contribution is 7.47. The molecule has 52 heavy (non-hydrogen) atoms. The molecule has 0 aromatic rings. The molecular formula is C43H81O8P. The number of phosphoric acid groups is 1. The molecule has 0 aromatic heterocycles. The first-order chi connectivity index (χ1) is 25.3. The van der Waals surface area contributed by atoms with Gasteiger partial charge in [0.05, 0.1) is 13.2 Å². The van der Waals surface area contributed by atoms with Crippen LogP contribution in [0.3, 0.4) is 0 Å². The molecule has 9 heteroatoms. The molecule has 2 atom stereocenters. The smallest absolute Gasteiger partial charge is 0.462 e. The highest BCUT2D eigenvalue weighted by Crippen LogP contribution is 2.43. The Morgan fingerprint density at radius 1 is 0.519 bits per heavy atom. The lowest BCUT2D eigenvalue weighted by atomic mass is 10.1. The van der Waals surface area contributed by atoms with Crippen LogP contribution >= 0.6 is 7.82 Å². The van der Waals surface area contributed by atoms with Crippen molar-refractivity contribution in [2.75, 3.05) is 19.8 Å². The number of esters is 2. The van der Waals surface area contributed by atoms with Crippen LogP contribution in [0.25, 0.3) is 0 Å². The number of carbonyl (C=O) groups excluding carboxylic acids is 2. The van der Waals surface area contributed by atoms with Crippen LogP contribution < -0.4 is 0 Å². The van der Waals surface area contributed by atoms with E-state index in [4.69, 9.17) is 18.5 Å². The second-order valence-corrected chi connectivity index (χ2v) is 15.8. The minimum absolute atomic E-state index is 0.00141. The molecule has 0 saturated heterocycles. The molecule has 0 saturated carbocycles. The molecule has 0 aliphatic carbocycles. The first-order valence-corrected chi connectivity index (χ1v) is 23.1. The highest BCUT2D eigenvalue weighted by atomic mass is 31.2. The van der Waals surface area contributed by atoms with E-state index in [0.717, 1.165) is 44.9 Å². The molecular weight excluding hydrogens is 675 g/mol. The van der Waals surface area contributed by atoms with Crippen LogP contribution in [0.5, 0.6) is 0 Å². The van der Waals surface area contributed by atoms with E-state index in [1.807, 2.05) is 0 Å². The van der Waals surface area contributed by atoms with E-state index in [2.05, 4.69) is 38.2 Å². The first-order valence-electron chi connectivity index (χ1n) is 21.6. The number of phosphoric ester groups is 1. The van der Waals surface area contributed by atoms with Crippen LogP contribution in [0, 0.1) is 0 Å². The highest BCUT2D eigenvalue weighted by Gasteiger charge is 2.25. The summed E-state index contributed by atoms with van der Waals surface area (Å²) in [6.45, 7) is 5.46. The molecule has 0 radical (unpaired) electrons. The van der Waals surface area contributed by atoms with Crippen molar-refractivity contribution in [1.82, 2.24) is 0 Å². The fourth-order valence-electron chi connectivity index (χ4n) is 6.07. The number of hydrogen-bond donors (Lipinski definition) is 1.